The van der Waals surface area contributed by atoms with Gasteiger partial charge in [0.25, 0.3) is 0 Å². The van der Waals surface area contributed by atoms with E-state index in [9.17, 15) is 9.59 Å². The van der Waals surface area contributed by atoms with E-state index in [1.54, 1.807) is 11.8 Å². The molecule has 1 aliphatic carbocycles. The Morgan fingerprint density at radius 3 is 2.29 bits per heavy atom. The molecule has 1 heterocycles. The zero-order chi connectivity index (χ0) is 19.9. The van der Waals surface area contributed by atoms with Crippen LogP contribution in [0.3, 0.4) is 0 Å². The van der Waals surface area contributed by atoms with E-state index in [-0.39, 0.29) is 11.8 Å². The molecule has 0 spiro atoms. The van der Waals surface area contributed by atoms with Gasteiger partial charge in [0.15, 0.2) is 0 Å². The fraction of sp³-hybridized carbons (Fsp3) is 0.636. The molecular formula is C22H34N4O2. The first-order valence-corrected chi connectivity index (χ1v) is 10.6. The molecule has 0 bridgehead atoms. The van der Waals surface area contributed by atoms with Crippen molar-refractivity contribution in [1.82, 2.24) is 10.2 Å². The molecule has 2 aliphatic rings. The molecule has 1 aromatic rings. The standard InChI is InChI=1S/C22H34N4O2/c1-18(27)26(13-12-22(28)23-19-6-4-3-5-7-19)21-10-8-20(9-11-21)25-16-14-24(2)15-17-25/h8-11,19H,3-7,12-17H2,1-2H3,(H,23,28). The van der Waals surface area contributed by atoms with E-state index in [2.05, 4.69) is 34.3 Å². The SMILES string of the molecule is CC(=O)N(CCC(=O)NC1CCCCC1)c1ccc(N2CCN(C)CC2)cc1. The Bertz CT molecular complexity index is 647. The lowest BCUT2D eigenvalue weighted by molar-refractivity contribution is -0.121. The number of hydrogen-bond donors (Lipinski definition) is 1. The molecule has 2 amide bonds. The molecule has 2 fully saturated rings. The van der Waals surface area contributed by atoms with Crippen molar-refractivity contribution < 1.29 is 9.59 Å². The number of benzene rings is 1. The maximum absolute atomic E-state index is 12.3. The van der Waals surface area contributed by atoms with Gasteiger partial charge in [0.05, 0.1) is 0 Å². The van der Waals surface area contributed by atoms with Gasteiger partial charge in [-0.2, -0.15) is 0 Å². The molecule has 6 nitrogen and oxygen atoms in total. The average Bonchev–Trinajstić information content (AvgIpc) is 2.70. The van der Waals surface area contributed by atoms with Gasteiger partial charge in [-0.3, -0.25) is 9.59 Å². The van der Waals surface area contributed by atoms with Crippen LogP contribution in [0.1, 0.15) is 45.4 Å². The van der Waals surface area contributed by atoms with Crippen LogP contribution in [0.25, 0.3) is 0 Å². The zero-order valence-corrected chi connectivity index (χ0v) is 17.3. The van der Waals surface area contributed by atoms with Gasteiger partial charge in [-0.05, 0) is 44.2 Å². The lowest BCUT2D eigenvalue weighted by Gasteiger charge is -2.34. The molecule has 1 aromatic carbocycles. The van der Waals surface area contributed by atoms with Crippen LogP contribution < -0.4 is 15.1 Å². The minimum absolute atomic E-state index is 0.0298. The third-order valence-electron chi connectivity index (χ3n) is 5.94. The van der Waals surface area contributed by atoms with Crippen LogP contribution in [0.15, 0.2) is 24.3 Å². The van der Waals surface area contributed by atoms with Crippen LogP contribution in [0.5, 0.6) is 0 Å². The molecule has 1 saturated heterocycles. The second kappa shape index (κ2) is 9.92. The van der Waals surface area contributed by atoms with E-state index in [0.717, 1.165) is 44.7 Å². The quantitative estimate of drug-likeness (QED) is 0.817. The minimum Gasteiger partial charge on any atom is -0.369 e. The highest BCUT2D eigenvalue weighted by Crippen LogP contribution is 2.22. The van der Waals surface area contributed by atoms with Gasteiger partial charge >= 0.3 is 0 Å². The van der Waals surface area contributed by atoms with Crippen LogP contribution in [-0.2, 0) is 9.59 Å². The predicted molar refractivity (Wildman–Crippen MR) is 114 cm³/mol. The number of piperazine rings is 1. The maximum atomic E-state index is 12.3. The summed E-state index contributed by atoms with van der Waals surface area (Å²) in [5.74, 6) is 0.0185. The fourth-order valence-electron chi connectivity index (χ4n) is 4.14. The third kappa shape index (κ3) is 5.71. The minimum atomic E-state index is -0.0298. The molecule has 3 rings (SSSR count). The monoisotopic (exact) mass is 386 g/mol. The van der Waals surface area contributed by atoms with Gasteiger partial charge < -0.3 is 20.0 Å². The van der Waals surface area contributed by atoms with E-state index >= 15 is 0 Å². The summed E-state index contributed by atoms with van der Waals surface area (Å²) in [7, 11) is 2.15. The van der Waals surface area contributed by atoms with E-state index in [1.165, 1.54) is 24.9 Å². The first-order valence-electron chi connectivity index (χ1n) is 10.6. The van der Waals surface area contributed by atoms with Crippen molar-refractivity contribution in [2.45, 2.75) is 51.5 Å². The van der Waals surface area contributed by atoms with E-state index in [0.29, 0.717) is 19.0 Å². The second-order valence-electron chi connectivity index (χ2n) is 8.13. The summed E-state index contributed by atoms with van der Waals surface area (Å²) < 4.78 is 0. The average molecular weight is 387 g/mol. The van der Waals surface area contributed by atoms with Gasteiger partial charge in [-0.15, -0.1) is 0 Å². The molecule has 1 N–H and O–H groups in total. The molecule has 154 valence electrons. The molecule has 6 heteroatoms. The van der Waals surface area contributed by atoms with Crippen molar-refractivity contribution in [2.75, 3.05) is 49.6 Å². The van der Waals surface area contributed by atoms with Crippen molar-refractivity contribution >= 4 is 23.2 Å². The number of nitrogens with zero attached hydrogens (tertiary/aromatic N) is 3. The summed E-state index contributed by atoms with van der Waals surface area (Å²) in [5, 5.41) is 3.13. The van der Waals surface area contributed by atoms with E-state index in [1.807, 2.05) is 12.1 Å². The molecule has 0 unspecified atom stereocenters. The first kappa shape index (κ1) is 20.6. The normalized spacial score (nSPS) is 18.7. The van der Waals surface area contributed by atoms with Gasteiger partial charge in [0.2, 0.25) is 11.8 Å². The lowest BCUT2D eigenvalue weighted by atomic mass is 9.95. The molecule has 0 aromatic heterocycles. The molecule has 28 heavy (non-hydrogen) atoms. The first-order chi connectivity index (χ1) is 13.5. The zero-order valence-electron chi connectivity index (χ0n) is 17.3. The van der Waals surface area contributed by atoms with Gasteiger partial charge in [-0.1, -0.05) is 19.3 Å². The Morgan fingerprint density at radius 2 is 1.68 bits per heavy atom. The smallest absolute Gasteiger partial charge is 0.223 e. The van der Waals surface area contributed by atoms with Gasteiger partial charge in [0, 0.05) is 63.5 Å². The number of hydrogen-bond acceptors (Lipinski definition) is 4. The Hall–Kier alpha value is -2.08. The number of amides is 2. The topological polar surface area (TPSA) is 55.9 Å². The Kier molecular flexibility index (Phi) is 7.31. The molecular weight excluding hydrogens is 352 g/mol. The van der Waals surface area contributed by atoms with Crippen LogP contribution in [-0.4, -0.2) is 62.5 Å². The maximum Gasteiger partial charge on any atom is 0.223 e. The number of likely N-dealkylation sites (N-methyl/N-ethyl adjacent to an activating group) is 1. The predicted octanol–water partition coefficient (Wildman–Crippen LogP) is 2.63. The highest BCUT2D eigenvalue weighted by atomic mass is 16.2. The van der Waals surface area contributed by atoms with E-state index in [4.69, 9.17) is 0 Å². The summed E-state index contributed by atoms with van der Waals surface area (Å²) in [6.45, 7) is 6.16. The van der Waals surface area contributed by atoms with Crippen LogP contribution in [0.2, 0.25) is 0 Å². The molecule has 0 atom stereocenters. The number of carbonyl (C=O) groups is 2. The summed E-state index contributed by atoms with van der Waals surface area (Å²) >= 11 is 0. The molecule has 0 radical (unpaired) electrons. The van der Waals surface area contributed by atoms with Crippen LogP contribution >= 0.6 is 0 Å². The van der Waals surface area contributed by atoms with Gasteiger partial charge in [-0.25, -0.2) is 0 Å². The Labute approximate surface area is 168 Å². The lowest BCUT2D eigenvalue weighted by Crippen LogP contribution is -2.44. The van der Waals surface area contributed by atoms with Crippen molar-refractivity contribution in [2.24, 2.45) is 0 Å². The summed E-state index contributed by atoms with van der Waals surface area (Å²) in [5.41, 5.74) is 2.05. The Balaban J connectivity index is 1.54. The largest absolute Gasteiger partial charge is 0.369 e. The Morgan fingerprint density at radius 1 is 1.04 bits per heavy atom. The van der Waals surface area contributed by atoms with Crippen molar-refractivity contribution in [3.05, 3.63) is 24.3 Å². The van der Waals surface area contributed by atoms with Gasteiger partial charge in [0.1, 0.15) is 0 Å². The van der Waals surface area contributed by atoms with Crippen LogP contribution in [0.4, 0.5) is 11.4 Å². The van der Waals surface area contributed by atoms with Crippen molar-refractivity contribution in [3.8, 4) is 0 Å². The fourth-order valence-corrected chi connectivity index (χ4v) is 4.14. The van der Waals surface area contributed by atoms with E-state index < -0.39 is 0 Å². The second-order valence-corrected chi connectivity index (χ2v) is 8.13. The number of nitrogens with one attached hydrogen (secondary N) is 1. The highest BCUT2D eigenvalue weighted by Gasteiger charge is 2.19. The summed E-state index contributed by atoms with van der Waals surface area (Å²) in [6.07, 6.45) is 6.17. The van der Waals surface area contributed by atoms with Crippen molar-refractivity contribution in [3.63, 3.8) is 0 Å². The highest BCUT2D eigenvalue weighted by molar-refractivity contribution is 5.92. The van der Waals surface area contributed by atoms with Crippen molar-refractivity contribution in [1.29, 1.82) is 0 Å². The summed E-state index contributed by atoms with van der Waals surface area (Å²) in [4.78, 5) is 30.9. The number of anilines is 2. The third-order valence-corrected chi connectivity index (χ3v) is 5.94. The number of carbonyl (C=O) groups excluding carboxylic acids is 2. The number of rotatable bonds is 6. The molecule has 1 saturated carbocycles. The summed E-state index contributed by atoms with van der Waals surface area (Å²) in [6, 6.07) is 8.47. The molecule has 1 aliphatic heterocycles. The van der Waals surface area contributed by atoms with Crippen LogP contribution in [0, 0.1) is 0 Å².